The van der Waals surface area contributed by atoms with E-state index in [9.17, 15) is 13.2 Å². The summed E-state index contributed by atoms with van der Waals surface area (Å²) in [4.78, 5) is 11.8. The van der Waals surface area contributed by atoms with Crippen LogP contribution in [-0.4, -0.2) is 42.7 Å². The highest BCUT2D eigenvalue weighted by Crippen LogP contribution is 2.17. The number of nitrogens with zero attached hydrogens (tertiary/aromatic N) is 1. The fourth-order valence-electron chi connectivity index (χ4n) is 2.73. The van der Waals surface area contributed by atoms with E-state index in [2.05, 4.69) is 20.8 Å². The SMILES string of the molecule is O=C(NCc1ccc(-c2ccn[nH]2)cc1)NCC1CCS(=O)(=O)C1. The molecule has 1 aliphatic heterocycles. The Morgan fingerprint density at radius 2 is 2.00 bits per heavy atom. The maximum absolute atomic E-state index is 11.8. The Balaban J connectivity index is 1.43. The van der Waals surface area contributed by atoms with Crippen LogP contribution in [0.1, 0.15) is 12.0 Å². The second kappa shape index (κ2) is 7.04. The number of H-pyrrole nitrogens is 1. The van der Waals surface area contributed by atoms with E-state index >= 15 is 0 Å². The molecular formula is C16H20N4O3S. The lowest BCUT2D eigenvalue weighted by atomic mass is 10.1. The number of carbonyl (C=O) groups excluding carboxylic acids is 1. The summed E-state index contributed by atoms with van der Waals surface area (Å²) >= 11 is 0. The first-order chi connectivity index (χ1) is 11.5. The minimum absolute atomic E-state index is 0.0226. The van der Waals surface area contributed by atoms with Crippen molar-refractivity contribution in [2.45, 2.75) is 13.0 Å². The van der Waals surface area contributed by atoms with Gasteiger partial charge in [0, 0.05) is 19.3 Å². The number of nitrogens with one attached hydrogen (secondary N) is 3. The molecular weight excluding hydrogens is 328 g/mol. The number of benzene rings is 1. The van der Waals surface area contributed by atoms with E-state index in [0.717, 1.165) is 16.8 Å². The standard InChI is InChI=1S/C16H20N4O3S/c21-16(18-10-13-6-8-24(22,23)11-13)17-9-12-1-3-14(4-2-12)15-5-7-19-20-15/h1-5,7,13H,6,8-11H2,(H,19,20)(H2,17,18,21). The number of aromatic amines is 1. The van der Waals surface area contributed by atoms with E-state index in [0.29, 0.717) is 19.5 Å². The lowest BCUT2D eigenvalue weighted by Gasteiger charge is -2.11. The first kappa shape index (κ1) is 16.5. The zero-order valence-corrected chi connectivity index (χ0v) is 14.0. The quantitative estimate of drug-likeness (QED) is 0.758. The third kappa shape index (κ3) is 4.35. The molecule has 24 heavy (non-hydrogen) atoms. The van der Waals surface area contributed by atoms with Gasteiger partial charge in [-0.1, -0.05) is 24.3 Å². The normalized spacial score (nSPS) is 19.1. The van der Waals surface area contributed by atoms with Gasteiger partial charge in [0.05, 0.1) is 17.2 Å². The van der Waals surface area contributed by atoms with Crippen molar-refractivity contribution < 1.29 is 13.2 Å². The molecule has 2 heterocycles. The molecule has 2 aromatic rings. The number of carbonyl (C=O) groups is 1. The zero-order chi connectivity index (χ0) is 17.0. The smallest absolute Gasteiger partial charge is 0.315 e. The van der Waals surface area contributed by atoms with E-state index < -0.39 is 9.84 Å². The van der Waals surface area contributed by atoms with E-state index in [1.54, 1.807) is 6.20 Å². The summed E-state index contributed by atoms with van der Waals surface area (Å²) in [6.45, 7) is 0.807. The highest BCUT2D eigenvalue weighted by atomic mass is 32.2. The Morgan fingerprint density at radius 3 is 2.62 bits per heavy atom. The molecule has 1 saturated heterocycles. The van der Waals surface area contributed by atoms with Gasteiger partial charge in [-0.05, 0) is 29.5 Å². The molecule has 7 nitrogen and oxygen atoms in total. The van der Waals surface area contributed by atoms with Gasteiger partial charge in [0.15, 0.2) is 9.84 Å². The zero-order valence-electron chi connectivity index (χ0n) is 13.2. The summed E-state index contributed by atoms with van der Waals surface area (Å²) in [5, 5.41) is 12.3. The molecule has 128 valence electrons. The number of rotatable bonds is 5. The highest BCUT2D eigenvalue weighted by Gasteiger charge is 2.27. The number of aromatic nitrogens is 2. The summed E-state index contributed by atoms with van der Waals surface area (Å²) in [7, 11) is -2.90. The van der Waals surface area contributed by atoms with Crippen molar-refractivity contribution in [2.75, 3.05) is 18.1 Å². The van der Waals surface area contributed by atoms with Gasteiger partial charge >= 0.3 is 6.03 Å². The number of hydrogen-bond donors (Lipinski definition) is 3. The number of hydrogen-bond acceptors (Lipinski definition) is 4. The van der Waals surface area contributed by atoms with Gasteiger partial charge in [-0.25, -0.2) is 13.2 Å². The third-order valence-electron chi connectivity index (χ3n) is 4.10. The fourth-order valence-corrected chi connectivity index (χ4v) is 4.60. The molecule has 1 fully saturated rings. The molecule has 1 aromatic carbocycles. The van der Waals surface area contributed by atoms with Crippen LogP contribution in [0, 0.1) is 5.92 Å². The van der Waals surface area contributed by atoms with Crippen LogP contribution in [0.5, 0.6) is 0 Å². The molecule has 1 atom stereocenters. The van der Waals surface area contributed by atoms with Gasteiger partial charge < -0.3 is 10.6 Å². The molecule has 2 amide bonds. The van der Waals surface area contributed by atoms with Crippen LogP contribution >= 0.6 is 0 Å². The van der Waals surface area contributed by atoms with E-state index in [1.807, 2.05) is 30.3 Å². The van der Waals surface area contributed by atoms with Gasteiger partial charge in [-0.15, -0.1) is 0 Å². The van der Waals surface area contributed by atoms with Gasteiger partial charge in [0.25, 0.3) is 0 Å². The van der Waals surface area contributed by atoms with Crippen molar-refractivity contribution in [3.8, 4) is 11.3 Å². The predicted octanol–water partition coefficient (Wildman–Crippen LogP) is 1.31. The molecule has 0 aliphatic carbocycles. The molecule has 0 saturated carbocycles. The Kier molecular flexibility index (Phi) is 4.84. The molecule has 1 unspecified atom stereocenters. The largest absolute Gasteiger partial charge is 0.338 e. The maximum Gasteiger partial charge on any atom is 0.315 e. The average molecular weight is 348 g/mol. The Hall–Kier alpha value is -2.35. The molecule has 1 aliphatic rings. The highest BCUT2D eigenvalue weighted by molar-refractivity contribution is 7.91. The monoisotopic (exact) mass is 348 g/mol. The number of urea groups is 1. The molecule has 0 bridgehead atoms. The van der Waals surface area contributed by atoms with E-state index in [4.69, 9.17) is 0 Å². The van der Waals surface area contributed by atoms with Crippen molar-refractivity contribution in [3.63, 3.8) is 0 Å². The number of sulfone groups is 1. The van der Waals surface area contributed by atoms with Gasteiger partial charge in [-0.2, -0.15) is 5.10 Å². The molecule has 3 rings (SSSR count). The Morgan fingerprint density at radius 1 is 1.21 bits per heavy atom. The van der Waals surface area contributed by atoms with Gasteiger partial charge in [0.1, 0.15) is 0 Å². The molecule has 0 spiro atoms. The minimum atomic E-state index is -2.90. The second-order valence-corrected chi connectivity index (χ2v) is 8.23. The summed E-state index contributed by atoms with van der Waals surface area (Å²) in [6, 6.07) is 9.43. The van der Waals surface area contributed by atoms with Crippen LogP contribution in [0.4, 0.5) is 4.79 Å². The second-order valence-electron chi connectivity index (χ2n) is 6.00. The van der Waals surface area contributed by atoms with Crippen molar-refractivity contribution in [3.05, 3.63) is 42.1 Å². The average Bonchev–Trinajstić information content (AvgIpc) is 3.21. The molecule has 0 radical (unpaired) electrons. The summed E-state index contributed by atoms with van der Waals surface area (Å²) in [6.07, 6.45) is 2.32. The van der Waals surface area contributed by atoms with Crippen LogP contribution < -0.4 is 10.6 Å². The maximum atomic E-state index is 11.8. The van der Waals surface area contributed by atoms with Crippen LogP contribution in [0.15, 0.2) is 36.5 Å². The van der Waals surface area contributed by atoms with Crippen molar-refractivity contribution in [1.82, 2.24) is 20.8 Å². The van der Waals surface area contributed by atoms with Crippen LogP contribution in [0.3, 0.4) is 0 Å². The lowest BCUT2D eigenvalue weighted by molar-refractivity contribution is 0.239. The Labute approximate surface area is 140 Å². The first-order valence-corrected chi connectivity index (χ1v) is 9.65. The summed E-state index contributed by atoms with van der Waals surface area (Å²) < 4.78 is 22.7. The topological polar surface area (TPSA) is 104 Å². The van der Waals surface area contributed by atoms with E-state index in [-0.39, 0.29) is 23.5 Å². The molecule has 3 N–H and O–H groups in total. The molecule has 1 aromatic heterocycles. The lowest BCUT2D eigenvalue weighted by Crippen LogP contribution is -2.38. The number of amides is 2. The van der Waals surface area contributed by atoms with E-state index in [1.165, 1.54) is 0 Å². The third-order valence-corrected chi connectivity index (χ3v) is 5.93. The first-order valence-electron chi connectivity index (χ1n) is 7.83. The molecule has 8 heteroatoms. The predicted molar refractivity (Wildman–Crippen MR) is 91.0 cm³/mol. The van der Waals surface area contributed by atoms with Gasteiger partial charge in [0.2, 0.25) is 0 Å². The van der Waals surface area contributed by atoms with Crippen molar-refractivity contribution in [2.24, 2.45) is 5.92 Å². The van der Waals surface area contributed by atoms with Crippen molar-refractivity contribution >= 4 is 15.9 Å². The summed E-state index contributed by atoms with van der Waals surface area (Å²) in [5.74, 6) is 0.417. The summed E-state index contributed by atoms with van der Waals surface area (Å²) in [5.41, 5.74) is 2.96. The van der Waals surface area contributed by atoms with Crippen LogP contribution in [-0.2, 0) is 16.4 Å². The van der Waals surface area contributed by atoms with Crippen LogP contribution in [0.2, 0.25) is 0 Å². The van der Waals surface area contributed by atoms with Crippen molar-refractivity contribution in [1.29, 1.82) is 0 Å². The minimum Gasteiger partial charge on any atom is -0.338 e. The van der Waals surface area contributed by atoms with Gasteiger partial charge in [-0.3, -0.25) is 5.10 Å². The fraction of sp³-hybridized carbons (Fsp3) is 0.375. The van der Waals surface area contributed by atoms with Crippen LogP contribution in [0.25, 0.3) is 11.3 Å². The Bertz CT molecular complexity index is 785.